The normalized spacial score (nSPS) is 11.7. The van der Waals surface area contributed by atoms with Gasteiger partial charge in [0.05, 0.1) is 0 Å². The monoisotopic (exact) mass is 472 g/mol. The van der Waals surface area contributed by atoms with Crippen molar-refractivity contribution in [3.8, 4) is 5.75 Å². The van der Waals surface area contributed by atoms with Gasteiger partial charge in [-0.1, -0.05) is 91.7 Å². The molecule has 0 fully saturated rings. The molecule has 0 saturated carbocycles. The lowest BCUT2D eigenvalue weighted by molar-refractivity contribution is -0.142. The molecule has 184 valence electrons. The highest BCUT2D eigenvalue weighted by atomic mass is 16.5. The Labute approximate surface area is 209 Å². The molecule has 3 aromatic rings. The van der Waals surface area contributed by atoms with Crippen molar-refractivity contribution < 1.29 is 14.3 Å². The quantitative estimate of drug-likeness (QED) is 0.423. The predicted molar refractivity (Wildman–Crippen MR) is 140 cm³/mol. The van der Waals surface area contributed by atoms with E-state index >= 15 is 0 Å². The maximum Gasteiger partial charge on any atom is 0.261 e. The van der Waals surface area contributed by atoms with Crippen LogP contribution in [0.25, 0.3) is 0 Å². The van der Waals surface area contributed by atoms with Crippen molar-refractivity contribution in [1.29, 1.82) is 0 Å². The number of benzene rings is 3. The second-order valence-corrected chi connectivity index (χ2v) is 9.46. The SMILES string of the molecule is Cc1ccc(OCC(=O)N(Cc2cccc(C)c2)C(Cc2ccccc2)C(=O)NCC(C)C)cc1. The number of carbonyl (C=O) groups is 2. The Bertz CT molecular complexity index is 1090. The molecule has 3 rings (SSSR count). The summed E-state index contributed by atoms with van der Waals surface area (Å²) in [6, 6.07) is 24.8. The number of aryl methyl sites for hydroxylation is 2. The third-order valence-corrected chi connectivity index (χ3v) is 5.77. The molecule has 0 heterocycles. The summed E-state index contributed by atoms with van der Waals surface area (Å²) in [4.78, 5) is 28.6. The fraction of sp³-hybridized carbons (Fsp3) is 0.333. The number of amides is 2. The molecule has 0 aliphatic carbocycles. The van der Waals surface area contributed by atoms with Crippen LogP contribution in [0.4, 0.5) is 0 Å². The summed E-state index contributed by atoms with van der Waals surface area (Å²) in [5.74, 6) is 0.553. The van der Waals surface area contributed by atoms with Gasteiger partial charge in [0, 0.05) is 19.5 Å². The van der Waals surface area contributed by atoms with Crippen LogP contribution in [0.5, 0.6) is 5.75 Å². The summed E-state index contributed by atoms with van der Waals surface area (Å²) in [6.07, 6.45) is 0.423. The van der Waals surface area contributed by atoms with Crippen LogP contribution < -0.4 is 10.1 Å². The van der Waals surface area contributed by atoms with Gasteiger partial charge in [-0.05, 0) is 43.0 Å². The number of hydrogen-bond donors (Lipinski definition) is 1. The van der Waals surface area contributed by atoms with E-state index in [1.165, 1.54) is 0 Å². The first-order valence-electron chi connectivity index (χ1n) is 12.2. The fourth-order valence-corrected chi connectivity index (χ4v) is 3.85. The van der Waals surface area contributed by atoms with Crippen molar-refractivity contribution in [1.82, 2.24) is 10.2 Å². The zero-order valence-corrected chi connectivity index (χ0v) is 21.2. The molecule has 2 amide bonds. The number of carbonyl (C=O) groups excluding carboxylic acids is 2. The van der Waals surface area contributed by atoms with Crippen LogP contribution in [0.1, 0.15) is 36.1 Å². The lowest BCUT2D eigenvalue weighted by atomic mass is 10.0. The van der Waals surface area contributed by atoms with E-state index in [1.807, 2.05) is 92.7 Å². The van der Waals surface area contributed by atoms with Gasteiger partial charge in [-0.25, -0.2) is 0 Å². The summed E-state index contributed by atoms with van der Waals surface area (Å²) >= 11 is 0. The standard InChI is InChI=1S/C30H36N2O3/c1-22(2)19-31-30(34)28(18-25-10-6-5-7-11-25)32(20-26-12-8-9-24(4)17-26)29(33)21-35-27-15-13-23(3)14-16-27/h5-17,22,28H,18-21H2,1-4H3,(H,31,34). The lowest BCUT2D eigenvalue weighted by Crippen LogP contribution is -2.52. The predicted octanol–water partition coefficient (Wildman–Crippen LogP) is 5.09. The van der Waals surface area contributed by atoms with Gasteiger partial charge >= 0.3 is 0 Å². The minimum absolute atomic E-state index is 0.141. The van der Waals surface area contributed by atoms with Crippen LogP contribution in [0.3, 0.4) is 0 Å². The maximum absolute atomic E-state index is 13.6. The second-order valence-electron chi connectivity index (χ2n) is 9.46. The van der Waals surface area contributed by atoms with Crippen LogP contribution in [0, 0.1) is 19.8 Å². The van der Waals surface area contributed by atoms with Crippen LogP contribution in [-0.4, -0.2) is 35.9 Å². The van der Waals surface area contributed by atoms with Gasteiger partial charge in [-0.3, -0.25) is 9.59 Å². The molecule has 0 aliphatic rings. The van der Waals surface area contributed by atoms with Crippen molar-refractivity contribution in [2.45, 2.75) is 46.7 Å². The third-order valence-electron chi connectivity index (χ3n) is 5.77. The molecule has 0 saturated heterocycles. The highest BCUT2D eigenvalue weighted by Gasteiger charge is 2.30. The zero-order chi connectivity index (χ0) is 25.2. The van der Waals surface area contributed by atoms with E-state index in [1.54, 1.807) is 4.90 Å². The van der Waals surface area contributed by atoms with Crippen molar-refractivity contribution in [2.75, 3.05) is 13.2 Å². The number of nitrogens with zero attached hydrogens (tertiary/aromatic N) is 1. The molecule has 1 unspecified atom stereocenters. The largest absolute Gasteiger partial charge is 0.484 e. The molecule has 0 aromatic heterocycles. The van der Waals surface area contributed by atoms with Gasteiger partial charge in [-0.2, -0.15) is 0 Å². The molecule has 5 nitrogen and oxygen atoms in total. The minimum atomic E-state index is -0.661. The van der Waals surface area contributed by atoms with Gasteiger partial charge in [0.1, 0.15) is 11.8 Å². The molecule has 1 N–H and O–H groups in total. The van der Waals surface area contributed by atoms with Crippen LogP contribution in [0.2, 0.25) is 0 Å². The molecule has 3 aromatic carbocycles. The maximum atomic E-state index is 13.6. The number of nitrogens with one attached hydrogen (secondary N) is 1. The van der Waals surface area contributed by atoms with Gasteiger partial charge in [0.25, 0.3) is 5.91 Å². The van der Waals surface area contributed by atoms with E-state index in [4.69, 9.17) is 4.74 Å². The number of ether oxygens (including phenoxy) is 1. The minimum Gasteiger partial charge on any atom is -0.484 e. The summed E-state index contributed by atoms with van der Waals surface area (Å²) in [5, 5.41) is 3.04. The Hall–Kier alpha value is -3.60. The summed E-state index contributed by atoms with van der Waals surface area (Å²) in [6.45, 7) is 8.86. The summed E-state index contributed by atoms with van der Waals surface area (Å²) in [5.41, 5.74) is 4.20. The molecular formula is C30H36N2O3. The van der Waals surface area contributed by atoms with E-state index in [0.29, 0.717) is 31.2 Å². The molecule has 5 heteroatoms. The van der Waals surface area contributed by atoms with E-state index in [9.17, 15) is 9.59 Å². The smallest absolute Gasteiger partial charge is 0.261 e. The van der Waals surface area contributed by atoms with E-state index in [2.05, 4.69) is 19.2 Å². The molecule has 0 bridgehead atoms. The average Bonchev–Trinajstić information content (AvgIpc) is 2.85. The van der Waals surface area contributed by atoms with Gasteiger partial charge in [0.2, 0.25) is 5.91 Å². The molecule has 0 spiro atoms. The van der Waals surface area contributed by atoms with Crippen LogP contribution in [-0.2, 0) is 22.6 Å². The molecule has 1 atom stereocenters. The Morgan fingerprint density at radius 1 is 0.857 bits per heavy atom. The Morgan fingerprint density at radius 2 is 1.54 bits per heavy atom. The van der Waals surface area contributed by atoms with E-state index in [-0.39, 0.29) is 18.4 Å². The highest BCUT2D eigenvalue weighted by Crippen LogP contribution is 2.17. The number of rotatable bonds is 11. The lowest BCUT2D eigenvalue weighted by Gasteiger charge is -2.31. The summed E-state index contributed by atoms with van der Waals surface area (Å²) < 4.78 is 5.82. The average molecular weight is 473 g/mol. The van der Waals surface area contributed by atoms with Crippen molar-refractivity contribution in [2.24, 2.45) is 5.92 Å². The van der Waals surface area contributed by atoms with Crippen LogP contribution in [0.15, 0.2) is 78.9 Å². The highest BCUT2D eigenvalue weighted by molar-refractivity contribution is 5.88. The zero-order valence-electron chi connectivity index (χ0n) is 21.2. The van der Waals surface area contributed by atoms with E-state index in [0.717, 1.165) is 22.3 Å². The van der Waals surface area contributed by atoms with Crippen molar-refractivity contribution in [3.05, 3.63) is 101 Å². The molecule has 0 radical (unpaired) electrons. The summed E-state index contributed by atoms with van der Waals surface area (Å²) in [7, 11) is 0. The fourth-order valence-electron chi connectivity index (χ4n) is 3.85. The van der Waals surface area contributed by atoms with Crippen molar-refractivity contribution in [3.63, 3.8) is 0 Å². The molecule has 35 heavy (non-hydrogen) atoms. The van der Waals surface area contributed by atoms with Gasteiger partial charge < -0.3 is 15.0 Å². The van der Waals surface area contributed by atoms with Crippen LogP contribution >= 0.6 is 0 Å². The topological polar surface area (TPSA) is 58.6 Å². The first-order chi connectivity index (χ1) is 16.8. The van der Waals surface area contributed by atoms with Crippen molar-refractivity contribution >= 4 is 11.8 Å². The first kappa shape index (κ1) is 26.0. The van der Waals surface area contributed by atoms with Gasteiger partial charge in [0.15, 0.2) is 6.61 Å². The molecular weight excluding hydrogens is 436 g/mol. The Balaban J connectivity index is 1.89. The number of hydrogen-bond acceptors (Lipinski definition) is 3. The Morgan fingerprint density at radius 3 is 2.20 bits per heavy atom. The second kappa shape index (κ2) is 12.7. The first-order valence-corrected chi connectivity index (χ1v) is 12.2. The third kappa shape index (κ3) is 8.29. The molecule has 0 aliphatic heterocycles. The Kier molecular flexibility index (Phi) is 9.47. The van der Waals surface area contributed by atoms with Gasteiger partial charge in [-0.15, -0.1) is 0 Å². The van der Waals surface area contributed by atoms with E-state index < -0.39 is 6.04 Å².